The molecule has 1 amide bonds. The largest absolute Gasteiger partial charge is 0.467 e. The summed E-state index contributed by atoms with van der Waals surface area (Å²) in [7, 11) is 0. The van der Waals surface area contributed by atoms with Gasteiger partial charge in [-0.25, -0.2) is 0 Å². The van der Waals surface area contributed by atoms with Gasteiger partial charge in [-0.1, -0.05) is 18.5 Å². The van der Waals surface area contributed by atoms with Crippen molar-refractivity contribution in [2.45, 2.75) is 31.9 Å². The molecule has 0 radical (unpaired) electrons. The Labute approximate surface area is 140 Å². The number of ether oxygens (including phenoxy) is 1. The second kappa shape index (κ2) is 5.69. The van der Waals surface area contributed by atoms with Crippen molar-refractivity contribution in [3.63, 3.8) is 0 Å². The van der Waals surface area contributed by atoms with E-state index in [1.807, 2.05) is 42.2 Å². The van der Waals surface area contributed by atoms with Gasteiger partial charge in [-0.15, -0.1) is 0 Å². The smallest absolute Gasteiger partial charge is 0.227 e. The molecule has 2 aliphatic rings. The van der Waals surface area contributed by atoms with Gasteiger partial charge in [0.2, 0.25) is 5.91 Å². The van der Waals surface area contributed by atoms with E-state index in [1.54, 1.807) is 6.26 Å². The van der Waals surface area contributed by atoms with Crippen molar-refractivity contribution in [2.75, 3.05) is 11.5 Å². The van der Waals surface area contributed by atoms with Gasteiger partial charge < -0.3 is 14.1 Å². The van der Waals surface area contributed by atoms with Crippen LogP contribution in [-0.4, -0.2) is 12.5 Å². The quantitative estimate of drug-likeness (QED) is 0.813. The Morgan fingerprint density at radius 3 is 3.00 bits per heavy atom. The minimum Gasteiger partial charge on any atom is -0.467 e. The molecule has 1 fully saturated rings. The SMILES string of the molecule is CCC(=O)N1c2ccc(Cl)cc2[C@@H]2OCC[C@@H]2[C@H]1c1ccco1. The van der Waals surface area contributed by atoms with E-state index in [4.69, 9.17) is 20.8 Å². The number of hydrogen-bond acceptors (Lipinski definition) is 3. The van der Waals surface area contributed by atoms with E-state index in [9.17, 15) is 4.79 Å². The summed E-state index contributed by atoms with van der Waals surface area (Å²) in [5.41, 5.74) is 1.88. The molecule has 1 aromatic carbocycles. The van der Waals surface area contributed by atoms with Crippen molar-refractivity contribution >= 4 is 23.2 Å². The molecular weight excluding hydrogens is 314 g/mol. The molecule has 3 atom stereocenters. The second-order valence-corrected chi connectivity index (χ2v) is 6.46. The Kier molecular flexibility index (Phi) is 3.66. The summed E-state index contributed by atoms with van der Waals surface area (Å²) in [4.78, 5) is 14.6. The van der Waals surface area contributed by atoms with Crippen LogP contribution in [-0.2, 0) is 9.53 Å². The van der Waals surface area contributed by atoms with Crippen molar-refractivity contribution in [2.24, 2.45) is 5.92 Å². The van der Waals surface area contributed by atoms with Gasteiger partial charge in [-0.2, -0.15) is 0 Å². The average molecular weight is 332 g/mol. The van der Waals surface area contributed by atoms with Crippen molar-refractivity contribution in [1.29, 1.82) is 0 Å². The lowest BCUT2D eigenvalue weighted by atomic mass is 9.81. The Morgan fingerprint density at radius 2 is 2.26 bits per heavy atom. The molecule has 1 aromatic heterocycles. The molecular formula is C18H18ClNO3. The predicted molar refractivity (Wildman–Crippen MR) is 87.5 cm³/mol. The van der Waals surface area contributed by atoms with Crippen molar-refractivity contribution < 1.29 is 13.9 Å². The zero-order chi connectivity index (χ0) is 16.0. The van der Waals surface area contributed by atoms with Crippen LogP contribution < -0.4 is 4.90 Å². The fraction of sp³-hybridized carbons (Fsp3) is 0.389. The van der Waals surface area contributed by atoms with E-state index in [1.165, 1.54) is 0 Å². The molecule has 120 valence electrons. The van der Waals surface area contributed by atoms with Crippen LogP contribution in [0.25, 0.3) is 0 Å². The molecule has 4 nitrogen and oxygen atoms in total. The van der Waals surface area contributed by atoms with Crippen LogP contribution in [0.3, 0.4) is 0 Å². The first kappa shape index (κ1) is 14.8. The zero-order valence-corrected chi connectivity index (χ0v) is 13.6. The molecule has 0 bridgehead atoms. The fourth-order valence-corrected chi connectivity index (χ4v) is 4.00. The maximum atomic E-state index is 12.7. The van der Waals surface area contributed by atoms with Crippen LogP contribution in [0.1, 0.15) is 43.2 Å². The number of hydrogen-bond donors (Lipinski definition) is 0. The van der Waals surface area contributed by atoms with Crippen LogP contribution >= 0.6 is 11.6 Å². The zero-order valence-electron chi connectivity index (χ0n) is 12.9. The van der Waals surface area contributed by atoms with Crippen LogP contribution in [0.2, 0.25) is 5.02 Å². The normalized spacial score (nSPS) is 26.0. The number of benzene rings is 1. The third kappa shape index (κ3) is 2.28. The van der Waals surface area contributed by atoms with Crippen molar-refractivity contribution in [1.82, 2.24) is 0 Å². The summed E-state index contributed by atoms with van der Waals surface area (Å²) < 4.78 is 11.7. The number of carbonyl (C=O) groups excluding carboxylic acids is 1. The van der Waals surface area contributed by atoms with Crippen molar-refractivity contribution in [3.05, 3.63) is 52.9 Å². The predicted octanol–water partition coefficient (Wildman–Crippen LogP) is 4.51. The van der Waals surface area contributed by atoms with E-state index >= 15 is 0 Å². The topological polar surface area (TPSA) is 42.7 Å². The molecule has 2 aromatic rings. The highest BCUT2D eigenvalue weighted by molar-refractivity contribution is 6.30. The number of amides is 1. The highest BCUT2D eigenvalue weighted by atomic mass is 35.5. The van der Waals surface area contributed by atoms with Crippen LogP contribution in [0.15, 0.2) is 41.0 Å². The molecule has 5 heteroatoms. The summed E-state index contributed by atoms with van der Waals surface area (Å²) in [6, 6.07) is 9.35. The van der Waals surface area contributed by atoms with E-state index in [0.717, 1.165) is 23.4 Å². The number of fused-ring (bicyclic) bond motifs is 3. The second-order valence-electron chi connectivity index (χ2n) is 6.02. The summed E-state index contributed by atoms with van der Waals surface area (Å²) >= 11 is 6.19. The average Bonchev–Trinajstić information content (AvgIpc) is 3.24. The van der Waals surface area contributed by atoms with Crippen LogP contribution in [0.4, 0.5) is 5.69 Å². The van der Waals surface area contributed by atoms with Gasteiger partial charge >= 0.3 is 0 Å². The molecule has 3 heterocycles. The van der Waals surface area contributed by atoms with Crippen molar-refractivity contribution in [3.8, 4) is 0 Å². The molecule has 0 N–H and O–H groups in total. The summed E-state index contributed by atoms with van der Waals surface area (Å²) in [6.45, 7) is 2.57. The van der Waals surface area contributed by atoms with Gasteiger partial charge in [0.1, 0.15) is 11.8 Å². The monoisotopic (exact) mass is 331 g/mol. The Bertz CT molecular complexity index is 728. The lowest BCUT2D eigenvalue weighted by Gasteiger charge is -2.42. The molecule has 1 saturated heterocycles. The summed E-state index contributed by atoms with van der Waals surface area (Å²) in [5, 5.41) is 0.665. The van der Waals surface area contributed by atoms with Crippen LogP contribution in [0, 0.1) is 5.92 Å². The third-order valence-electron chi connectivity index (χ3n) is 4.78. The molecule has 2 aliphatic heterocycles. The third-order valence-corrected chi connectivity index (χ3v) is 5.02. The summed E-state index contributed by atoms with van der Waals surface area (Å²) in [5.74, 6) is 1.08. The van der Waals surface area contributed by atoms with E-state index in [0.29, 0.717) is 18.1 Å². The number of halogens is 1. The standard InChI is InChI=1S/C18H18ClNO3/c1-2-16(21)20-14-6-5-11(19)10-13(14)18-12(7-9-23-18)17(20)15-4-3-8-22-15/h3-6,8,10,12,17-18H,2,7,9H2,1H3/t12-,17+,18-/m1/s1. The minimum absolute atomic E-state index is 0.0419. The molecule has 23 heavy (non-hydrogen) atoms. The Morgan fingerprint density at radius 1 is 1.39 bits per heavy atom. The Balaban J connectivity index is 1.91. The number of carbonyl (C=O) groups is 1. The van der Waals surface area contributed by atoms with Gasteiger partial charge in [0.25, 0.3) is 0 Å². The van der Waals surface area contributed by atoms with E-state index in [-0.39, 0.29) is 24.0 Å². The number of furan rings is 1. The fourth-order valence-electron chi connectivity index (χ4n) is 3.82. The highest BCUT2D eigenvalue weighted by Gasteiger charge is 2.48. The van der Waals surface area contributed by atoms with Gasteiger partial charge in [0.15, 0.2) is 0 Å². The Hall–Kier alpha value is -1.78. The number of anilines is 1. The maximum Gasteiger partial charge on any atom is 0.227 e. The lowest BCUT2D eigenvalue weighted by molar-refractivity contribution is -0.119. The first-order chi connectivity index (χ1) is 11.2. The molecule has 0 saturated carbocycles. The van der Waals surface area contributed by atoms with Gasteiger partial charge in [-0.3, -0.25) is 4.79 Å². The molecule has 0 aliphatic carbocycles. The molecule has 4 rings (SSSR count). The number of nitrogens with zero attached hydrogens (tertiary/aromatic N) is 1. The lowest BCUT2D eigenvalue weighted by Crippen LogP contribution is -2.43. The summed E-state index contributed by atoms with van der Waals surface area (Å²) in [6.07, 6.45) is 2.96. The van der Waals surface area contributed by atoms with E-state index in [2.05, 4.69) is 0 Å². The maximum absolute atomic E-state index is 12.7. The minimum atomic E-state index is -0.126. The van der Waals surface area contributed by atoms with Gasteiger partial charge in [0.05, 0.1) is 18.1 Å². The molecule has 0 spiro atoms. The van der Waals surface area contributed by atoms with Gasteiger partial charge in [-0.05, 0) is 36.8 Å². The van der Waals surface area contributed by atoms with Crippen LogP contribution in [0.5, 0.6) is 0 Å². The number of rotatable bonds is 2. The first-order valence-electron chi connectivity index (χ1n) is 7.97. The highest BCUT2D eigenvalue weighted by Crippen LogP contribution is 2.53. The van der Waals surface area contributed by atoms with Gasteiger partial charge in [0, 0.05) is 29.5 Å². The van der Waals surface area contributed by atoms with E-state index < -0.39 is 0 Å². The first-order valence-corrected chi connectivity index (χ1v) is 8.35. The molecule has 0 unspecified atom stereocenters.